The van der Waals surface area contributed by atoms with Crippen LogP contribution in [0.4, 0.5) is 4.79 Å². The monoisotopic (exact) mass is 456 g/mol. The van der Waals surface area contributed by atoms with Crippen LogP contribution in [-0.4, -0.2) is 26.7 Å². The van der Waals surface area contributed by atoms with Crippen LogP contribution in [0.3, 0.4) is 0 Å². The van der Waals surface area contributed by atoms with Gasteiger partial charge in [0.15, 0.2) is 5.16 Å². The zero-order valence-electron chi connectivity index (χ0n) is 17.6. The maximum Gasteiger partial charge on any atom is 0.318 e. The Labute approximate surface area is 188 Å². The second kappa shape index (κ2) is 8.47. The molecule has 0 fully saturated rings. The summed E-state index contributed by atoms with van der Waals surface area (Å²) in [7, 11) is 0. The smallest absolute Gasteiger partial charge is 0.318 e. The van der Waals surface area contributed by atoms with Crippen molar-refractivity contribution in [1.82, 2.24) is 14.9 Å². The van der Waals surface area contributed by atoms with Crippen molar-refractivity contribution in [2.75, 3.05) is 0 Å². The minimum absolute atomic E-state index is 0.114. The summed E-state index contributed by atoms with van der Waals surface area (Å²) in [5.74, 6) is 0.0630. The van der Waals surface area contributed by atoms with Crippen molar-refractivity contribution in [1.29, 1.82) is 0 Å². The van der Waals surface area contributed by atoms with Crippen molar-refractivity contribution in [2.45, 2.75) is 50.4 Å². The molecule has 0 spiro atoms. The zero-order valence-corrected chi connectivity index (χ0v) is 19.2. The van der Waals surface area contributed by atoms with Crippen LogP contribution in [0.1, 0.15) is 36.3 Å². The Hall–Kier alpha value is -2.65. The first-order valence-corrected chi connectivity index (χ1v) is 11.9. The number of nitrogens with zero attached hydrogens (tertiary/aromatic N) is 2. The van der Waals surface area contributed by atoms with E-state index in [4.69, 9.17) is 10.7 Å². The molecular weight excluding hydrogens is 432 g/mol. The number of thioether (sulfide) groups is 1. The molecule has 0 unspecified atom stereocenters. The molecule has 7 nitrogen and oxygen atoms in total. The quantitative estimate of drug-likeness (QED) is 0.461. The molecular formula is C22H24N4O3S2. The minimum Gasteiger partial charge on any atom is -0.351 e. The van der Waals surface area contributed by atoms with Gasteiger partial charge in [-0.25, -0.2) is 9.78 Å². The minimum atomic E-state index is -0.905. The van der Waals surface area contributed by atoms with Crippen molar-refractivity contribution in [3.05, 3.63) is 50.6 Å². The van der Waals surface area contributed by atoms with Gasteiger partial charge in [-0.05, 0) is 56.2 Å². The van der Waals surface area contributed by atoms with E-state index in [2.05, 4.69) is 12.2 Å². The molecule has 1 aromatic carbocycles. The second-order valence-electron chi connectivity index (χ2n) is 7.97. The molecule has 0 radical (unpaired) electrons. The van der Waals surface area contributed by atoms with Crippen LogP contribution in [0.5, 0.6) is 0 Å². The molecule has 9 heteroatoms. The van der Waals surface area contributed by atoms with E-state index in [0.717, 1.165) is 47.8 Å². The highest BCUT2D eigenvalue weighted by Gasteiger charge is 2.27. The number of rotatable bonds is 4. The number of urea groups is 1. The van der Waals surface area contributed by atoms with Crippen LogP contribution in [0.25, 0.3) is 15.9 Å². The molecule has 3 aromatic rings. The maximum absolute atomic E-state index is 13.8. The van der Waals surface area contributed by atoms with Crippen molar-refractivity contribution in [2.24, 2.45) is 11.7 Å². The molecule has 0 aliphatic heterocycles. The molecule has 162 valence electrons. The Morgan fingerprint density at radius 2 is 2.10 bits per heavy atom. The molecule has 3 N–H and O–H groups in total. The molecule has 4 rings (SSSR count). The molecule has 0 saturated heterocycles. The molecule has 1 aliphatic carbocycles. The molecule has 3 amide bonds. The van der Waals surface area contributed by atoms with Crippen molar-refractivity contribution in [3.63, 3.8) is 0 Å². The number of nitrogens with one attached hydrogen (secondary N) is 1. The van der Waals surface area contributed by atoms with Crippen LogP contribution in [-0.2, 0) is 17.6 Å². The number of aryl methyl sites for hydroxylation is 2. The number of thiophene rings is 1. The van der Waals surface area contributed by atoms with E-state index in [1.54, 1.807) is 22.8 Å². The summed E-state index contributed by atoms with van der Waals surface area (Å²) in [4.78, 5) is 43.9. The SMILES string of the molecule is Cc1ccccc1-n1c(S[C@H](C)C(=O)NC(N)=O)nc2sc3c(c2c1=O)CC[C@@H](C)C3. The van der Waals surface area contributed by atoms with Gasteiger partial charge in [0.25, 0.3) is 5.56 Å². The number of nitrogens with two attached hydrogens (primary N) is 1. The number of benzene rings is 1. The summed E-state index contributed by atoms with van der Waals surface area (Å²) in [5, 5.41) is 2.54. The van der Waals surface area contributed by atoms with Gasteiger partial charge in [-0.15, -0.1) is 11.3 Å². The summed E-state index contributed by atoms with van der Waals surface area (Å²) in [6, 6.07) is 6.70. The Kier molecular flexibility index (Phi) is 5.90. The Bertz CT molecular complexity index is 1250. The van der Waals surface area contributed by atoms with E-state index in [-0.39, 0.29) is 5.56 Å². The van der Waals surface area contributed by atoms with Gasteiger partial charge >= 0.3 is 6.03 Å². The molecule has 31 heavy (non-hydrogen) atoms. The van der Waals surface area contributed by atoms with E-state index >= 15 is 0 Å². The van der Waals surface area contributed by atoms with E-state index in [9.17, 15) is 14.4 Å². The number of primary amides is 1. The summed E-state index contributed by atoms with van der Waals surface area (Å²) in [6.45, 7) is 5.82. The van der Waals surface area contributed by atoms with E-state index in [1.165, 1.54) is 4.88 Å². The van der Waals surface area contributed by atoms with Crippen LogP contribution in [0, 0.1) is 12.8 Å². The van der Waals surface area contributed by atoms with Gasteiger partial charge in [-0.1, -0.05) is 36.9 Å². The standard InChI is InChI=1S/C22H24N4O3S2/c1-11-8-9-14-16(10-11)31-19-17(14)20(28)26(15-7-5-4-6-12(15)2)22(25-19)30-13(3)18(27)24-21(23)29/h4-7,11,13H,8-10H2,1-3H3,(H3,23,24,27,29)/t11-,13-/m1/s1. The molecule has 0 bridgehead atoms. The van der Waals surface area contributed by atoms with Gasteiger partial charge in [-0.3, -0.25) is 19.5 Å². The second-order valence-corrected chi connectivity index (χ2v) is 10.4. The first-order chi connectivity index (χ1) is 14.8. The van der Waals surface area contributed by atoms with E-state index < -0.39 is 17.2 Å². The highest BCUT2D eigenvalue weighted by atomic mass is 32.2. The number of fused-ring (bicyclic) bond motifs is 3. The van der Waals surface area contributed by atoms with Crippen LogP contribution < -0.4 is 16.6 Å². The normalized spacial score (nSPS) is 16.7. The average molecular weight is 457 g/mol. The average Bonchev–Trinajstić information content (AvgIpc) is 3.06. The first-order valence-electron chi connectivity index (χ1n) is 10.2. The van der Waals surface area contributed by atoms with Gasteiger partial charge in [0.2, 0.25) is 5.91 Å². The summed E-state index contributed by atoms with van der Waals surface area (Å²) >= 11 is 2.71. The van der Waals surface area contributed by atoms with Crippen molar-refractivity contribution in [3.8, 4) is 5.69 Å². The Balaban J connectivity index is 1.91. The van der Waals surface area contributed by atoms with Gasteiger partial charge in [0, 0.05) is 4.88 Å². The third-order valence-corrected chi connectivity index (χ3v) is 7.75. The third-order valence-electron chi connectivity index (χ3n) is 5.55. The number of hydrogen-bond donors (Lipinski definition) is 2. The van der Waals surface area contributed by atoms with Gasteiger partial charge < -0.3 is 5.73 Å². The number of amides is 3. The van der Waals surface area contributed by atoms with Crippen LogP contribution >= 0.6 is 23.1 Å². The van der Waals surface area contributed by atoms with E-state index in [1.807, 2.05) is 31.2 Å². The molecule has 2 aromatic heterocycles. The highest BCUT2D eigenvalue weighted by molar-refractivity contribution is 8.00. The number of para-hydroxylation sites is 1. The first kappa shape index (κ1) is 21.6. The number of hydrogen-bond acceptors (Lipinski definition) is 6. The Morgan fingerprint density at radius 3 is 2.81 bits per heavy atom. The van der Waals surface area contributed by atoms with Gasteiger partial charge in [-0.2, -0.15) is 0 Å². The number of carbonyl (C=O) groups excluding carboxylic acids is 2. The summed E-state index contributed by atoms with van der Waals surface area (Å²) < 4.78 is 1.60. The van der Waals surface area contributed by atoms with Gasteiger partial charge in [0.05, 0.1) is 16.3 Å². The van der Waals surface area contributed by atoms with Gasteiger partial charge in [0.1, 0.15) is 4.83 Å². The maximum atomic E-state index is 13.8. The molecule has 2 heterocycles. The number of imide groups is 1. The van der Waals surface area contributed by atoms with Crippen molar-refractivity contribution < 1.29 is 9.59 Å². The lowest BCUT2D eigenvalue weighted by Gasteiger charge is -2.18. The van der Waals surface area contributed by atoms with E-state index in [0.29, 0.717) is 21.3 Å². The molecule has 2 atom stereocenters. The molecule has 0 saturated carbocycles. The van der Waals surface area contributed by atoms with Crippen LogP contribution in [0.2, 0.25) is 0 Å². The predicted molar refractivity (Wildman–Crippen MR) is 124 cm³/mol. The topological polar surface area (TPSA) is 107 Å². The molecule has 1 aliphatic rings. The number of carbonyl (C=O) groups is 2. The largest absolute Gasteiger partial charge is 0.351 e. The summed E-state index contributed by atoms with van der Waals surface area (Å²) in [5.41, 5.74) is 7.75. The Morgan fingerprint density at radius 1 is 1.35 bits per heavy atom. The fourth-order valence-corrected chi connectivity index (χ4v) is 6.26. The van der Waals surface area contributed by atoms with Crippen LogP contribution in [0.15, 0.2) is 34.2 Å². The zero-order chi connectivity index (χ0) is 22.3. The number of aromatic nitrogens is 2. The lowest BCUT2D eigenvalue weighted by Crippen LogP contribution is -2.39. The van der Waals surface area contributed by atoms with Crippen molar-refractivity contribution >= 4 is 45.3 Å². The fraction of sp³-hybridized carbons (Fsp3) is 0.364. The third kappa shape index (κ3) is 4.12. The highest BCUT2D eigenvalue weighted by Crippen LogP contribution is 2.37. The lowest BCUT2D eigenvalue weighted by atomic mass is 9.89. The lowest BCUT2D eigenvalue weighted by molar-refractivity contribution is -0.119. The predicted octanol–water partition coefficient (Wildman–Crippen LogP) is 3.56. The summed E-state index contributed by atoms with van der Waals surface area (Å²) in [6.07, 6.45) is 2.90. The fourth-order valence-electron chi connectivity index (χ4n) is 3.91.